The van der Waals surface area contributed by atoms with Gasteiger partial charge in [-0.25, -0.2) is 9.18 Å². The number of rotatable bonds is 11. The molecule has 12 nitrogen and oxygen atoms in total. The Morgan fingerprint density at radius 3 is 2.55 bits per heavy atom. The lowest BCUT2D eigenvalue weighted by atomic mass is 10.1. The van der Waals surface area contributed by atoms with Gasteiger partial charge in [-0.3, -0.25) is 14.6 Å². The molecule has 3 aromatic rings. The van der Waals surface area contributed by atoms with Crippen LogP contribution < -0.4 is 16.2 Å². The van der Waals surface area contributed by atoms with Crippen molar-refractivity contribution in [2.75, 3.05) is 59.2 Å². The standard InChI is InChI=1S/C27H32FN5O7/c28-20-3-1-18(2-4-20)15-19-16-21-23(31-17-19)24(35)22(25(36)29-6-11-39-14-10-34)26(37)33(21)7-5-30-27(38)32-8-12-40-13-9-32/h1-4,16-17,34-35H,5-15H2,(H,29,36)(H,30,38). The molecule has 13 heteroatoms. The maximum Gasteiger partial charge on any atom is 0.317 e. The second-order valence-electron chi connectivity index (χ2n) is 9.12. The third-order valence-electron chi connectivity index (χ3n) is 6.36. The largest absolute Gasteiger partial charge is 0.505 e. The maximum absolute atomic E-state index is 13.5. The van der Waals surface area contributed by atoms with Gasteiger partial charge in [-0.1, -0.05) is 12.1 Å². The van der Waals surface area contributed by atoms with Crippen LogP contribution in [-0.2, 0) is 22.4 Å². The number of aromatic hydroxyl groups is 1. The van der Waals surface area contributed by atoms with Crippen LogP contribution in [0.15, 0.2) is 41.3 Å². The minimum Gasteiger partial charge on any atom is -0.505 e. The average Bonchev–Trinajstić information content (AvgIpc) is 2.96. The fourth-order valence-corrected chi connectivity index (χ4v) is 4.35. The summed E-state index contributed by atoms with van der Waals surface area (Å²) >= 11 is 0. The molecule has 0 spiro atoms. The number of carbonyl (C=O) groups excluding carboxylic acids is 2. The summed E-state index contributed by atoms with van der Waals surface area (Å²) in [4.78, 5) is 44.9. The Bertz CT molecular complexity index is 1390. The molecule has 4 rings (SSSR count). The molecule has 3 amide bonds. The maximum atomic E-state index is 13.5. The van der Waals surface area contributed by atoms with Crippen LogP contribution in [-0.4, -0.2) is 95.8 Å². The van der Waals surface area contributed by atoms with Crippen LogP contribution in [0, 0.1) is 5.82 Å². The zero-order valence-electron chi connectivity index (χ0n) is 21.9. The molecule has 3 heterocycles. The molecule has 214 valence electrons. The number of nitrogens with one attached hydrogen (secondary N) is 2. The van der Waals surface area contributed by atoms with E-state index in [2.05, 4.69) is 15.6 Å². The minimum absolute atomic E-state index is 0.00721. The summed E-state index contributed by atoms with van der Waals surface area (Å²) in [6.45, 7) is 1.98. The molecule has 1 saturated heterocycles. The van der Waals surface area contributed by atoms with E-state index in [1.54, 1.807) is 23.1 Å². The van der Waals surface area contributed by atoms with Gasteiger partial charge in [0.1, 0.15) is 16.9 Å². The number of benzene rings is 1. The molecule has 0 atom stereocenters. The van der Waals surface area contributed by atoms with Crippen LogP contribution in [0.1, 0.15) is 21.5 Å². The Kier molecular flexibility index (Phi) is 10.00. The summed E-state index contributed by atoms with van der Waals surface area (Å²) in [5.74, 6) is -1.72. The SMILES string of the molecule is O=C(NCCOCCO)c1c(O)c2ncc(Cc3ccc(F)cc3)cc2n(CCNC(=O)N2CCOCC2)c1=O. The molecule has 1 fully saturated rings. The van der Waals surface area contributed by atoms with E-state index >= 15 is 0 Å². The van der Waals surface area contributed by atoms with E-state index < -0.39 is 22.8 Å². The summed E-state index contributed by atoms with van der Waals surface area (Å²) in [6.07, 6.45) is 1.91. The predicted molar refractivity (Wildman–Crippen MR) is 143 cm³/mol. The number of aromatic nitrogens is 2. The van der Waals surface area contributed by atoms with Gasteiger partial charge in [-0.15, -0.1) is 0 Å². The average molecular weight is 558 g/mol. The number of ether oxygens (including phenoxy) is 2. The van der Waals surface area contributed by atoms with Crippen LogP contribution in [0.5, 0.6) is 5.75 Å². The van der Waals surface area contributed by atoms with Crippen molar-refractivity contribution in [2.24, 2.45) is 0 Å². The van der Waals surface area contributed by atoms with Crippen molar-refractivity contribution < 1.29 is 33.7 Å². The summed E-state index contributed by atoms with van der Waals surface area (Å²) in [5, 5.41) is 25.1. The van der Waals surface area contributed by atoms with Gasteiger partial charge in [-0.2, -0.15) is 0 Å². The smallest absolute Gasteiger partial charge is 0.317 e. The van der Waals surface area contributed by atoms with E-state index in [1.165, 1.54) is 22.9 Å². The fourth-order valence-electron chi connectivity index (χ4n) is 4.35. The van der Waals surface area contributed by atoms with Crippen LogP contribution in [0.3, 0.4) is 0 Å². The van der Waals surface area contributed by atoms with Crippen LogP contribution in [0.4, 0.5) is 9.18 Å². The molecule has 0 unspecified atom stereocenters. The number of fused-ring (bicyclic) bond motifs is 1. The molecular weight excluding hydrogens is 525 g/mol. The van der Waals surface area contributed by atoms with Gasteiger partial charge in [-0.05, 0) is 35.7 Å². The molecule has 0 aliphatic carbocycles. The van der Waals surface area contributed by atoms with E-state index in [-0.39, 0.29) is 62.3 Å². The van der Waals surface area contributed by atoms with Crippen molar-refractivity contribution in [1.82, 2.24) is 25.1 Å². The number of carbonyl (C=O) groups is 2. The van der Waals surface area contributed by atoms with Crippen molar-refractivity contribution in [3.05, 3.63) is 69.4 Å². The Balaban J connectivity index is 1.62. The van der Waals surface area contributed by atoms with Crippen LogP contribution in [0.25, 0.3) is 11.0 Å². The quantitative estimate of drug-likeness (QED) is 0.250. The number of nitrogens with zero attached hydrogens (tertiary/aromatic N) is 3. The monoisotopic (exact) mass is 557 g/mol. The lowest BCUT2D eigenvalue weighted by Crippen LogP contribution is -2.47. The van der Waals surface area contributed by atoms with Crippen molar-refractivity contribution in [1.29, 1.82) is 0 Å². The highest BCUT2D eigenvalue weighted by molar-refractivity contribution is 6.01. The number of hydrogen-bond acceptors (Lipinski definition) is 8. The van der Waals surface area contributed by atoms with Gasteiger partial charge in [0.05, 0.1) is 38.6 Å². The molecule has 1 aliphatic rings. The van der Waals surface area contributed by atoms with E-state index in [4.69, 9.17) is 14.6 Å². The van der Waals surface area contributed by atoms with Gasteiger partial charge in [0.25, 0.3) is 11.5 Å². The fraction of sp³-hybridized carbons (Fsp3) is 0.407. The number of aliphatic hydroxyl groups excluding tert-OH is 1. The first-order valence-electron chi connectivity index (χ1n) is 12.9. The number of amides is 3. The molecular formula is C27H32FN5O7. The van der Waals surface area contributed by atoms with Crippen LogP contribution >= 0.6 is 0 Å². The second kappa shape index (κ2) is 13.8. The highest BCUT2D eigenvalue weighted by Crippen LogP contribution is 2.26. The zero-order valence-corrected chi connectivity index (χ0v) is 21.9. The Labute approximate surface area is 229 Å². The summed E-state index contributed by atoms with van der Waals surface area (Å²) in [7, 11) is 0. The molecule has 1 aromatic carbocycles. The Hall–Kier alpha value is -4.07. The van der Waals surface area contributed by atoms with Gasteiger partial charge >= 0.3 is 6.03 Å². The second-order valence-corrected chi connectivity index (χ2v) is 9.12. The zero-order chi connectivity index (χ0) is 28.5. The Morgan fingerprint density at radius 1 is 1.07 bits per heavy atom. The van der Waals surface area contributed by atoms with Crippen LogP contribution in [0.2, 0.25) is 0 Å². The Morgan fingerprint density at radius 2 is 1.82 bits per heavy atom. The van der Waals surface area contributed by atoms with E-state index in [9.17, 15) is 23.9 Å². The topological polar surface area (TPSA) is 155 Å². The molecule has 2 aromatic heterocycles. The first kappa shape index (κ1) is 28.9. The lowest BCUT2D eigenvalue weighted by Gasteiger charge is -2.27. The highest BCUT2D eigenvalue weighted by atomic mass is 19.1. The van der Waals surface area contributed by atoms with Crippen molar-refractivity contribution in [3.63, 3.8) is 0 Å². The van der Waals surface area contributed by atoms with Gasteiger partial charge < -0.3 is 39.8 Å². The first-order chi connectivity index (χ1) is 19.4. The summed E-state index contributed by atoms with van der Waals surface area (Å²) in [5.41, 5.74) is 0.613. The van der Waals surface area contributed by atoms with Crippen molar-refractivity contribution >= 4 is 23.0 Å². The third-order valence-corrected chi connectivity index (χ3v) is 6.36. The van der Waals surface area contributed by atoms with E-state index in [0.29, 0.717) is 38.3 Å². The number of aliphatic hydroxyl groups is 1. The highest BCUT2D eigenvalue weighted by Gasteiger charge is 2.24. The third kappa shape index (κ3) is 7.11. The lowest BCUT2D eigenvalue weighted by molar-refractivity contribution is 0.0532. The first-order valence-corrected chi connectivity index (χ1v) is 12.9. The van der Waals surface area contributed by atoms with Gasteiger partial charge in [0, 0.05) is 38.9 Å². The summed E-state index contributed by atoms with van der Waals surface area (Å²) in [6, 6.07) is 7.37. The van der Waals surface area contributed by atoms with Gasteiger partial charge in [0.2, 0.25) is 0 Å². The normalized spacial score (nSPS) is 13.4. The molecule has 0 bridgehead atoms. The number of pyridine rings is 2. The molecule has 40 heavy (non-hydrogen) atoms. The van der Waals surface area contributed by atoms with Crippen molar-refractivity contribution in [2.45, 2.75) is 13.0 Å². The minimum atomic E-state index is -0.805. The van der Waals surface area contributed by atoms with Crippen molar-refractivity contribution in [3.8, 4) is 5.75 Å². The number of hydrogen-bond donors (Lipinski definition) is 4. The van der Waals surface area contributed by atoms with E-state index in [1.807, 2.05) is 0 Å². The molecule has 4 N–H and O–H groups in total. The van der Waals surface area contributed by atoms with E-state index in [0.717, 1.165) is 5.56 Å². The molecule has 1 aliphatic heterocycles. The van der Waals surface area contributed by atoms with Gasteiger partial charge in [0.15, 0.2) is 5.75 Å². The number of halogens is 1. The number of morpholine rings is 1. The molecule has 0 saturated carbocycles. The predicted octanol–water partition coefficient (Wildman–Crippen LogP) is 0.613. The molecule has 0 radical (unpaired) electrons. The summed E-state index contributed by atoms with van der Waals surface area (Å²) < 4.78 is 25.0. The number of urea groups is 1.